The third kappa shape index (κ3) is 5.11. The van der Waals surface area contributed by atoms with Gasteiger partial charge < -0.3 is 10.1 Å². The maximum atomic E-state index is 13.0. The van der Waals surface area contributed by atoms with Gasteiger partial charge in [0.25, 0.3) is 5.91 Å². The minimum atomic E-state index is -3.77. The third-order valence-electron chi connectivity index (χ3n) is 5.34. The molecular formula is C20H28N2O5S. The number of rotatable bonds is 6. The molecule has 28 heavy (non-hydrogen) atoms. The van der Waals surface area contributed by atoms with Crippen molar-refractivity contribution < 1.29 is 22.7 Å². The zero-order chi connectivity index (χ0) is 20.0. The number of piperidine rings is 1. The van der Waals surface area contributed by atoms with Gasteiger partial charge in [0.05, 0.1) is 10.5 Å². The van der Waals surface area contributed by atoms with Crippen molar-refractivity contribution in [2.45, 2.75) is 62.3 Å². The molecule has 7 nitrogen and oxygen atoms in total. The SMILES string of the molecule is O=C(COC(=O)c1ccccc1S(=O)(=O)N1CCCCC1)NC1CCCCC1. The largest absolute Gasteiger partial charge is 0.452 e. The zero-order valence-electron chi connectivity index (χ0n) is 16.1. The summed E-state index contributed by atoms with van der Waals surface area (Å²) in [5, 5.41) is 2.88. The van der Waals surface area contributed by atoms with E-state index in [-0.39, 0.29) is 22.4 Å². The van der Waals surface area contributed by atoms with Crippen LogP contribution in [-0.2, 0) is 19.6 Å². The normalized spacial score (nSPS) is 19.1. The number of nitrogens with one attached hydrogen (secondary N) is 1. The van der Waals surface area contributed by atoms with Gasteiger partial charge in [-0.3, -0.25) is 4.79 Å². The Morgan fingerprint density at radius 3 is 2.36 bits per heavy atom. The summed E-state index contributed by atoms with van der Waals surface area (Å²) < 4.78 is 32.4. The number of carbonyl (C=O) groups is 2. The van der Waals surface area contributed by atoms with E-state index in [4.69, 9.17) is 4.74 Å². The summed E-state index contributed by atoms with van der Waals surface area (Å²) >= 11 is 0. The van der Waals surface area contributed by atoms with Gasteiger partial charge in [-0.15, -0.1) is 0 Å². The summed E-state index contributed by atoms with van der Waals surface area (Å²) in [4.78, 5) is 24.5. The quantitative estimate of drug-likeness (QED) is 0.730. The molecule has 0 aromatic heterocycles. The van der Waals surface area contributed by atoms with Crippen LogP contribution in [-0.4, -0.2) is 50.3 Å². The number of benzene rings is 1. The molecular weight excluding hydrogens is 380 g/mol. The van der Waals surface area contributed by atoms with Crippen molar-refractivity contribution in [3.63, 3.8) is 0 Å². The van der Waals surface area contributed by atoms with E-state index in [1.807, 2.05) is 0 Å². The van der Waals surface area contributed by atoms with Crippen LogP contribution in [0.2, 0.25) is 0 Å². The molecule has 0 radical (unpaired) electrons. The van der Waals surface area contributed by atoms with E-state index >= 15 is 0 Å². The number of esters is 1. The fourth-order valence-electron chi connectivity index (χ4n) is 3.83. The van der Waals surface area contributed by atoms with Gasteiger partial charge in [-0.05, 0) is 37.8 Å². The van der Waals surface area contributed by atoms with E-state index in [1.165, 1.54) is 22.9 Å². The Morgan fingerprint density at radius 1 is 1.00 bits per heavy atom. The fourth-order valence-corrected chi connectivity index (χ4v) is 5.53. The fraction of sp³-hybridized carbons (Fsp3) is 0.600. The summed E-state index contributed by atoms with van der Waals surface area (Å²) in [6.45, 7) is 0.498. The second kappa shape index (κ2) is 9.52. The second-order valence-electron chi connectivity index (χ2n) is 7.44. The molecule has 1 N–H and O–H groups in total. The van der Waals surface area contributed by atoms with Crippen LogP contribution in [0.4, 0.5) is 0 Å². The molecule has 1 saturated heterocycles. The number of hydrogen-bond donors (Lipinski definition) is 1. The van der Waals surface area contributed by atoms with Gasteiger partial charge in [0.2, 0.25) is 10.0 Å². The molecule has 1 aromatic carbocycles. The van der Waals surface area contributed by atoms with Gasteiger partial charge in [-0.2, -0.15) is 4.31 Å². The number of hydrogen-bond acceptors (Lipinski definition) is 5. The lowest BCUT2D eigenvalue weighted by Crippen LogP contribution is -2.39. The molecule has 2 aliphatic rings. The lowest BCUT2D eigenvalue weighted by atomic mass is 9.95. The van der Waals surface area contributed by atoms with Crippen LogP contribution in [0.15, 0.2) is 29.2 Å². The molecule has 0 bridgehead atoms. The first-order valence-corrected chi connectivity index (χ1v) is 11.5. The van der Waals surface area contributed by atoms with Crippen molar-refractivity contribution in [2.75, 3.05) is 19.7 Å². The molecule has 3 rings (SSSR count). The molecule has 1 aliphatic heterocycles. The number of nitrogens with zero attached hydrogens (tertiary/aromatic N) is 1. The smallest absolute Gasteiger partial charge is 0.340 e. The standard InChI is InChI=1S/C20H28N2O5S/c23-19(21-16-9-3-1-4-10-16)15-27-20(24)17-11-5-6-12-18(17)28(25,26)22-13-7-2-8-14-22/h5-6,11-12,16H,1-4,7-10,13-15H2,(H,21,23). The van der Waals surface area contributed by atoms with E-state index in [9.17, 15) is 18.0 Å². The van der Waals surface area contributed by atoms with Gasteiger partial charge in [-0.1, -0.05) is 37.8 Å². The van der Waals surface area contributed by atoms with Crippen LogP contribution in [0.3, 0.4) is 0 Å². The van der Waals surface area contributed by atoms with Crippen LogP contribution in [0.5, 0.6) is 0 Å². The van der Waals surface area contributed by atoms with E-state index in [2.05, 4.69) is 5.32 Å². The summed E-state index contributed by atoms with van der Waals surface area (Å²) in [5.41, 5.74) is -0.0291. The Balaban J connectivity index is 1.64. The Kier molecular flexibility index (Phi) is 7.07. The van der Waals surface area contributed by atoms with Crippen LogP contribution in [0.1, 0.15) is 61.7 Å². The lowest BCUT2D eigenvalue weighted by Gasteiger charge is -2.26. The highest BCUT2D eigenvalue weighted by Gasteiger charge is 2.30. The monoisotopic (exact) mass is 408 g/mol. The van der Waals surface area contributed by atoms with E-state index < -0.39 is 22.6 Å². The van der Waals surface area contributed by atoms with Gasteiger partial charge in [-0.25, -0.2) is 13.2 Å². The minimum absolute atomic E-state index is 0.0291. The Bertz CT molecular complexity index is 797. The van der Waals surface area contributed by atoms with Gasteiger partial charge in [0.1, 0.15) is 0 Å². The van der Waals surface area contributed by atoms with E-state index in [0.717, 1.165) is 44.9 Å². The molecule has 1 heterocycles. The van der Waals surface area contributed by atoms with E-state index in [1.54, 1.807) is 12.1 Å². The van der Waals surface area contributed by atoms with Crippen LogP contribution >= 0.6 is 0 Å². The Morgan fingerprint density at radius 2 is 1.64 bits per heavy atom. The van der Waals surface area contributed by atoms with Gasteiger partial charge in [0, 0.05) is 19.1 Å². The number of ether oxygens (including phenoxy) is 1. The minimum Gasteiger partial charge on any atom is -0.452 e. The summed E-state index contributed by atoms with van der Waals surface area (Å²) in [5.74, 6) is -1.15. The second-order valence-corrected chi connectivity index (χ2v) is 9.35. The number of carbonyl (C=O) groups excluding carboxylic acids is 2. The third-order valence-corrected chi connectivity index (χ3v) is 7.30. The molecule has 154 valence electrons. The molecule has 8 heteroatoms. The van der Waals surface area contributed by atoms with Gasteiger partial charge in [0.15, 0.2) is 6.61 Å². The molecule has 1 aliphatic carbocycles. The summed E-state index contributed by atoms with van der Waals surface area (Å²) in [7, 11) is -3.77. The first-order chi connectivity index (χ1) is 13.5. The summed E-state index contributed by atoms with van der Waals surface area (Å²) in [6, 6.07) is 6.16. The molecule has 0 unspecified atom stereocenters. The van der Waals surface area contributed by atoms with Crippen LogP contribution in [0, 0.1) is 0 Å². The lowest BCUT2D eigenvalue weighted by molar-refractivity contribution is -0.125. The average molecular weight is 409 g/mol. The van der Waals surface area contributed by atoms with Crippen LogP contribution < -0.4 is 5.32 Å². The van der Waals surface area contributed by atoms with Crippen LogP contribution in [0.25, 0.3) is 0 Å². The molecule has 0 spiro atoms. The van der Waals surface area contributed by atoms with Crippen molar-refractivity contribution in [1.29, 1.82) is 0 Å². The molecule has 1 aromatic rings. The Hall–Kier alpha value is -1.93. The summed E-state index contributed by atoms with van der Waals surface area (Å²) in [6.07, 6.45) is 7.88. The molecule has 0 atom stereocenters. The molecule has 1 amide bonds. The maximum absolute atomic E-state index is 13.0. The van der Waals surface area contributed by atoms with Crippen molar-refractivity contribution in [3.05, 3.63) is 29.8 Å². The zero-order valence-corrected chi connectivity index (χ0v) is 16.9. The highest BCUT2D eigenvalue weighted by atomic mass is 32.2. The van der Waals surface area contributed by atoms with Gasteiger partial charge >= 0.3 is 5.97 Å². The van der Waals surface area contributed by atoms with E-state index in [0.29, 0.717) is 13.1 Å². The molecule has 1 saturated carbocycles. The van der Waals surface area contributed by atoms with Crippen molar-refractivity contribution >= 4 is 21.9 Å². The average Bonchev–Trinajstić information content (AvgIpc) is 2.73. The maximum Gasteiger partial charge on any atom is 0.340 e. The highest BCUT2D eigenvalue weighted by Crippen LogP contribution is 2.24. The topological polar surface area (TPSA) is 92.8 Å². The first-order valence-electron chi connectivity index (χ1n) is 10.0. The predicted molar refractivity (Wildman–Crippen MR) is 104 cm³/mol. The number of amides is 1. The van der Waals surface area contributed by atoms with Crippen molar-refractivity contribution in [3.8, 4) is 0 Å². The van der Waals surface area contributed by atoms with Crippen molar-refractivity contribution in [1.82, 2.24) is 9.62 Å². The predicted octanol–water partition coefficient (Wildman–Crippen LogP) is 2.47. The van der Waals surface area contributed by atoms with Crippen molar-refractivity contribution in [2.24, 2.45) is 0 Å². The molecule has 2 fully saturated rings. The first kappa shape index (κ1) is 20.8. The number of sulfonamides is 1. The Labute approximate surface area is 166 Å². The highest BCUT2D eigenvalue weighted by molar-refractivity contribution is 7.89.